The number of para-hydroxylation sites is 2. The molecule has 3 amide bonds. The molecule has 368 valence electrons. The van der Waals surface area contributed by atoms with Crippen molar-refractivity contribution in [2.75, 3.05) is 49.9 Å². The van der Waals surface area contributed by atoms with Gasteiger partial charge in [0.2, 0.25) is 5.91 Å². The number of nitrogens with zero attached hydrogens (tertiary/aromatic N) is 5. The maximum Gasteiger partial charge on any atom is 0.327 e. The molecule has 10 rings (SSSR count). The van der Waals surface area contributed by atoms with E-state index in [9.17, 15) is 19.2 Å². The summed E-state index contributed by atoms with van der Waals surface area (Å²) in [6, 6.07) is 32.9. The smallest absolute Gasteiger partial charge is 0.327 e. The number of amides is 3. The first kappa shape index (κ1) is 41.8. The van der Waals surface area contributed by atoms with Crippen LogP contribution in [-0.2, 0) is 9.59 Å². The molecule has 6 aromatic rings. The lowest BCUT2D eigenvalue weighted by atomic mass is 9.87. The Balaban J connectivity index is 0.000000181. The van der Waals surface area contributed by atoms with Crippen molar-refractivity contribution in [2.45, 2.75) is 50.6 Å². The largest absolute Gasteiger partial charge is 0.478 e. The fourth-order valence-corrected chi connectivity index (χ4v) is 9.76. The van der Waals surface area contributed by atoms with Gasteiger partial charge in [-0.05, 0) is 142 Å². The maximum atomic E-state index is 12.6. The number of carbonyl (C=O) groups is 4. The molecule has 2 aromatic heterocycles. The van der Waals surface area contributed by atoms with Crippen LogP contribution in [0.1, 0.15) is 79.5 Å². The van der Waals surface area contributed by atoms with Gasteiger partial charge in [-0.3, -0.25) is 14.4 Å². The number of hydrogen-bond acceptors (Lipinski definition) is 11. The third-order valence-corrected chi connectivity index (χ3v) is 13.1. The van der Waals surface area contributed by atoms with Crippen LogP contribution in [0.15, 0.2) is 134 Å². The number of aliphatic carboxylic acids is 1. The molecular formula is C54H60N10O7. The molecule has 0 aliphatic carbocycles. The van der Waals surface area contributed by atoms with Crippen LogP contribution in [-0.4, -0.2) is 92.5 Å². The predicted molar refractivity (Wildman–Crippen MR) is 273 cm³/mol. The number of nitrogens with one attached hydrogen (secondary N) is 3. The van der Waals surface area contributed by atoms with E-state index in [0.717, 1.165) is 79.5 Å². The van der Waals surface area contributed by atoms with Gasteiger partial charge < -0.3 is 46.9 Å². The fourth-order valence-electron chi connectivity index (χ4n) is 9.76. The Hall–Kier alpha value is -8.18. The summed E-state index contributed by atoms with van der Waals surface area (Å²) in [5.74, 6) is 1.88. The maximum absolute atomic E-state index is 12.6. The van der Waals surface area contributed by atoms with Crippen LogP contribution in [0.4, 0.5) is 11.6 Å². The molecule has 0 radical (unpaired) electrons. The molecule has 4 aliphatic heterocycles. The second kappa shape index (κ2) is 23.0. The van der Waals surface area contributed by atoms with Crippen molar-refractivity contribution in [2.24, 2.45) is 23.3 Å². The first-order chi connectivity index (χ1) is 37.1. The van der Waals surface area contributed by atoms with Gasteiger partial charge >= 0.3 is 5.97 Å². The summed E-state index contributed by atoms with van der Waals surface area (Å²) in [5.41, 5.74) is 15.2. The number of carboxylic acid groups (broad SMARTS) is 1. The number of hydrogen-bond donors (Lipinski definition) is 6. The molecule has 0 unspecified atom stereocenters. The summed E-state index contributed by atoms with van der Waals surface area (Å²) in [6.45, 7) is 2.69. The molecule has 4 aromatic carbocycles. The van der Waals surface area contributed by atoms with Crippen LogP contribution < -0.4 is 36.9 Å². The summed E-state index contributed by atoms with van der Waals surface area (Å²) < 4.78 is 56.8. The fraction of sp³-hybridized carbons (Fsp3) is 0.296. The molecule has 0 spiro atoms. The monoisotopic (exact) mass is 967 g/mol. The molecule has 2 atom stereocenters. The van der Waals surface area contributed by atoms with E-state index in [1.54, 1.807) is 0 Å². The highest BCUT2D eigenvalue weighted by atomic mass is 16.5. The first-order valence-corrected chi connectivity index (χ1v) is 23.6. The average molecular weight is 967 g/mol. The number of primary amides is 2. The molecule has 17 heteroatoms. The van der Waals surface area contributed by atoms with Gasteiger partial charge in [-0.15, -0.1) is 0 Å². The van der Waals surface area contributed by atoms with E-state index in [4.69, 9.17) is 44.5 Å². The topological polar surface area (TPSA) is 234 Å². The highest BCUT2D eigenvalue weighted by Crippen LogP contribution is 2.42. The van der Waals surface area contributed by atoms with Crippen LogP contribution in [0.3, 0.4) is 0 Å². The molecule has 6 heterocycles. The molecule has 4 aliphatic rings. The summed E-state index contributed by atoms with van der Waals surface area (Å²) in [6.07, 6.45) is 5.44. The van der Waals surface area contributed by atoms with Crippen molar-refractivity contribution in [3.63, 3.8) is 0 Å². The normalized spacial score (nSPS) is 18.5. The van der Waals surface area contributed by atoms with Crippen LogP contribution in [0.2, 0.25) is 0 Å². The Kier molecular flexibility index (Phi) is 13.5. The van der Waals surface area contributed by atoms with Gasteiger partial charge in [0, 0.05) is 43.4 Å². The van der Waals surface area contributed by atoms with E-state index < -0.39 is 48.9 Å². The quantitative estimate of drug-likeness (QED) is 0.0636. The van der Waals surface area contributed by atoms with Crippen molar-refractivity contribution in [1.82, 2.24) is 29.8 Å². The van der Waals surface area contributed by atoms with Crippen molar-refractivity contribution in [1.29, 1.82) is 0 Å². The highest BCUT2D eigenvalue weighted by Gasteiger charge is 2.37. The molecule has 71 heavy (non-hydrogen) atoms. The molecule has 2 fully saturated rings. The number of ether oxygens (including phenoxy) is 2. The third-order valence-electron chi connectivity index (χ3n) is 13.1. The van der Waals surface area contributed by atoms with Crippen molar-refractivity contribution in [3.05, 3.63) is 145 Å². The third kappa shape index (κ3) is 11.6. The van der Waals surface area contributed by atoms with Crippen LogP contribution >= 0.6 is 0 Å². The number of benzene rings is 4. The van der Waals surface area contributed by atoms with Crippen LogP contribution in [0.25, 0.3) is 22.5 Å². The Labute approximate surface area is 420 Å². The average Bonchev–Trinajstić information content (AvgIpc) is 4.06. The number of anilines is 2. The minimum Gasteiger partial charge on any atom is -0.478 e. The number of likely N-dealkylation sites (tertiary alicyclic amines) is 1. The lowest BCUT2D eigenvalue weighted by Gasteiger charge is -2.38. The number of fused-ring (bicyclic) bond motifs is 2. The van der Waals surface area contributed by atoms with Crippen molar-refractivity contribution < 1.29 is 42.0 Å². The zero-order valence-electron chi connectivity index (χ0n) is 45.0. The van der Waals surface area contributed by atoms with Gasteiger partial charge in [-0.25, -0.2) is 14.2 Å². The van der Waals surface area contributed by atoms with E-state index in [1.165, 1.54) is 4.90 Å². The second-order valence-electron chi connectivity index (χ2n) is 17.5. The van der Waals surface area contributed by atoms with Crippen molar-refractivity contribution >= 4 is 35.3 Å². The Morgan fingerprint density at radius 3 is 1.42 bits per heavy atom. The van der Waals surface area contributed by atoms with E-state index in [2.05, 4.69) is 16.0 Å². The highest BCUT2D eigenvalue weighted by molar-refractivity contribution is 6.04. The lowest BCUT2D eigenvalue weighted by molar-refractivity contribution is -0.131. The SMILES string of the molecule is NC(=O)c1c(-c2ccc(Oc3ccccc3)cc2)nn2c1NCC[C@H]2C1CCNCC1.[2H]C([2H])=C([2H])C(=O)N1CCC([C@@H]2CCNc3c(C(N)=O)c(-c4ccc(Oc5ccccc5)cc4)nn32)CC1.[2H]C([2H])=C([2H])C(=O)O. The summed E-state index contributed by atoms with van der Waals surface area (Å²) >= 11 is 0. The van der Waals surface area contributed by atoms with E-state index >= 15 is 0 Å². The van der Waals surface area contributed by atoms with Gasteiger partial charge in [0.1, 0.15) is 57.1 Å². The van der Waals surface area contributed by atoms with Crippen LogP contribution in [0, 0.1) is 11.8 Å². The van der Waals surface area contributed by atoms with Gasteiger partial charge in [-0.1, -0.05) is 49.5 Å². The number of nitrogens with two attached hydrogens (primary N) is 2. The summed E-state index contributed by atoms with van der Waals surface area (Å²) in [7, 11) is 0. The standard InChI is InChI=1S/C27H29N5O3.C24H27N5O2.C3H4O2/c1-2-23(33)31-16-13-18(14-17-31)22-12-15-29-27-24(26(28)34)25(30-32(22)27)19-8-10-21(11-9-19)35-20-6-4-3-5-7-20;25-23(30)21-22(17-6-8-19(9-7-17)31-18-4-2-1-3-5-18)28-29-20(12-15-27-24(21)29)16-10-13-26-14-11-16;1-2-3(4)5/h2-11,18,22,29H,1,12-17H2,(H2,28,34);1-9,16,20,26-27H,10-15H2,(H2,25,30);2H,1H2,(H,4,5)/t22-;20-;/m00./s1/i1D2,2D;;1D2,2D. The lowest BCUT2D eigenvalue weighted by Crippen LogP contribution is -2.41. The molecular weight excluding hydrogens is 901 g/mol. The molecule has 0 bridgehead atoms. The second-order valence-corrected chi connectivity index (χ2v) is 17.5. The minimum atomic E-state index is -1.54. The van der Waals surface area contributed by atoms with Gasteiger partial charge in [0.15, 0.2) is 0 Å². The Bertz CT molecular complexity index is 3120. The van der Waals surface area contributed by atoms with E-state index in [-0.39, 0.29) is 18.0 Å². The summed E-state index contributed by atoms with van der Waals surface area (Å²) in [5, 5.41) is 27.7. The summed E-state index contributed by atoms with van der Waals surface area (Å²) in [4.78, 5) is 48.5. The number of carboxylic acids is 1. The zero-order chi connectivity index (χ0) is 54.8. The molecule has 17 nitrogen and oxygen atoms in total. The first-order valence-electron chi connectivity index (χ1n) is 26.6. The van der Waals surface area contributed by atoms with Gasteiger partial charge in [0.05, 0.1) is 20.3 Å². The minimum absolute atomic E-state index is 0.0185. The van der Waals surface area contributed by atoms with Crippen LogP contribution in [0.5, 0.6) is 23.0 Å². The van der Waals surface area contributed by atoms with Gasteiger partial charge in [-0.2, -0.15) is 10.2 Å². The Morgan fingerprint density at radius 1 is 0.606 bits per heavy atom. The molecule has 0 saturated carbocycles. The van der Waals surface area contributed by atoms with Crippen molar-refractivity contribution in [3.8, 4) is 45.5 Å². The number of piperidine rings is 2. The predicted octanol–water partition coefficient (Wildman–Crippen LogP) is 8.28. The molecule has 2 saturated heterocycles. The Morgan fingerprint density at radius 2 is 1.03 bits per heavy atom. The van der Waals surface area contributed by atoms with Gasteiger partial charge in [0.25, 0.3) is 11.8 Å². The zero-order valence-corrected chi connectivity index (χ0v) is 39.0. The molecule has 8 N–H and O–H groups in total. The number of aromatic nitrogens is 4. The number of carbonyl (C=O) groups excluding carboxylic acids is 3. The van der Waals surface area contributed by atoms with E-state index in [0.29, 0.717) is 72.5 Å². The number of rotatable bonds is 12. The van der Waals surface area contributed by atoms with E-state index in [1.807, 2.05) is 119 Å².